The molecule has 0 unspecified atom stereocenters. The standard InChI is InChI=1S/C22H21F5N4S/c1-13-10-16(22(25,26)27)7-9-19(13)32-20-30-29-12-31(20)18-8-6-15(5-4-14(2)28)11-17(18)21(3,23)24/h6-12H,2,4-5,28H2,1,3H3. The van der Waals surface area contributed by atoms with Crippen molar-refractivity contribution in [1.29, 1.82) is 0 Å². The lowest BCUT2D eigenvalue weighted by Gasteiger charge is -2.19. The van der Waals surface area contributed by atoms with Crippen LogP contribution in [0.1, 0.15) is 35.6 Å². The highest BCUT2D eigenvalue weighted by Gasteiger charge is 2.31. The second kappa shape index (κ2) is 8.93. The normalized spacial score (nSPS) is 12.2. The molecule has 0 aliphatic heterocycles. The van der Waals surface area contributed by atoms with Gasteiger partial charge in [0.25, 0.3) is 5.92 Å². The Morgan fingerprint density at radius 3 is 2.44 bits per heavy atom. The molecule has 0 amide bonds. The van der Waals surface area contributed by atoms with Gasteiger partial charge in [0, 0.05) is 23.1 Å². The van der Waals surface area contributed by atoms with Crippen LogP contribution in [0.25, 0.3) is 5.69 Å². The third kappa shape index (κ3) is 5.48. The summed E-state index contributed by atoms with van der Waals surface area (Å²) in [5.74, 6) is -3.15. The Bertz CT molecular complexity index is 1130. The van der Waals surface area contributed by atoms with Crippen LogP contribution in [-0.4, -0.2) is 14.8 Å². The minimum atomic E-state index is -4.45. The lowest BCUT2D eigenvalue weighted by molar-refractivity contribution is -0.137. The average molecular weight is 468 g/mol. The first-order chi connectivity index (χ1) is 14.9. The molecule has 0 aliphatic carbocycles. The predicted molar refractivity (Wildman–Crippen MR) is 113 cm³/mol. The van der Waals surface area contributed by atoms with E-state index in [2.05, 4.69) is 16.8 Å². The third-order valence-corrected chi connectivity index (χ3v) is 5.89. The molecule has 0 bridgehead atoms. The minimum absolute atomic E-state index is 0.185. The lowest BCUT2D eigenvalue weighted by Crippen LogP contribution is -2.13. The molecule has 3 aromatic rings. The van der Waals surface area contributed by atoms with E-state index in [4.69, 9.17) is 5.73 Å². The molecule has 1 aromatic heterocycles. The van der Waals surface area contributed by atoms with Crippen LogP contribution in [0.3, 0.4) is 0 Å². The van der Waals surface area contributed by atoms with Crippen LogP contribution in [-0.2, 0) is 18.5 Å². The van der Waals surface area contributed by atoms with Gasteiger partial charge in [-0.2, -0.15) is 13.2 Å². The molecule has 10 heteroatoms. The molecule has 0 atom stereocenters. The monoisotopic (exact) mass is 468 g/mol. The molecule has 170 valence electrons. The topological polar surface area (TPSA) is 56.7 Å². The molecular formula is C22H21F5N4S. The molecule has 0 saturated carbocycles. The van der Waals surface area contributed by atoms with Gasteiger partial charge in [0.05, 0.1) is 11.3 Å². The van der Waals surface area contributed by atoms with E-state index in [1.807, 2.05) is 0 Å². The summed E-state index contributed by atoms with van der Waals surface area (Å²) < 4.78 is 69.1. The fourth-order valence-electron chi connectivity index (χ4n) is 3.10. The van der Waals surface area contributed by atoms with Crippen molar-refractivity contribution >= 4 is 11.8 Å². The Hall–Kier alpha value is -2.88. The highest BCUT2D eigenvalue weighted by Crippen LogP contribution is 2.38. The number of benzene rings is 2. The molecule has 4 nitrogen and oxygen atoms in total. The zero-order chi connectivity index (χ0) is 23.7. The zero-order valence-electron chi connectivity index (χ0n) is 17.4. The highest BCUT2D eigenvalue weighted by atomic mass is 32.2. The van der Waals surface area contributed by atoms with Gasteiger partial charge in [-0.25, -0.2) is 8.78 Å². The van der Waals surface area contributed by atoms with E-state index in [9.17, 15) is 22.0 Å². The Kier molecular flexibility index (Phi) is 6.64. The van der Waals surface area contributed by atoms with Crippen LogP contribution >= 0.6 is 11.8 Å². The summed E-state index contributed by atoms with van der Waals surface area (Å²) in [6.07, 6.45) is -2.22. The number of nitrogens with zero attached hydrogens (tertiary/aromatic N) is 3. The van der Waals surface area contributed by atoms with Crippen molar-refractivity contribution in [1.82, 2.24) is 14.8 Å². The van der Waals surface area contributed by atoms with E-state index in [-0.39, 0.29) is 16.4 Å². The first-order valence-corrected chi connectivity index (χ1v) is 10.4. The maximum atomic E-state index is 14.5. The van der Waals surface area contributed by atoms with Crippen molar-refractivity contribution in [3.63, 3.8) is 0 Å². The van der Waals surface area contributed by atoms with E-state index < -0.39 is 17.7 Å². The zero-order valence-corrected chi connectivity index (χ0v) is 18.2. The van der Waals surface area contributed by atoms with Crippen molar-refractivity contribution in [2.75, 3.05) is 0 Å². The molecular weight excluding hydrogens is 447 g/mol. The first kappa shape index (κ1) is 23.8. The Morgan fingerprint density at radius 1 is 1.12 bits per heavy atom. The second-order valence-corrected chi connectivity index (χ2v) is 8.47. The molecule has 3 rings (SSSR count). The lowest BCUT2D eigenvalue weighted by atomic mass is 10.0. The van der Waals surface area contributed by atoms with Gasteiger partial charge in [-0.1, -0.05) is 12.6 Å². The van der Waals surface area contributed by atoms with Crippen molar-refractivity contribution in [2.45, 2.75) is 48.8 Å². The predicted octanol–water partition coefficient (Wildman–Crippen LogP) is 6.26. The fraction of sp³-hybridized carbons (Fsp3) is 0.273. The van der Waals surface area contributed by atoms with Gasteiger partial charge < -0.3 is 5.73 Å². The average Bonchev–Trinajstić information content (AvgIpc) is 3.14. The quantitative estimate of drug-likeness (QED) is 0.416. The van der Waals surface area contributed by atoms with Gasteiger partial charge in [0.1, 0.15) is 6.33 Å². The van der Waals surface area contributed by atoms with Crippen LogP contribution in [0.2, 0.25) is 0 Å². The van der Waals surface area contributed by atoms with Gasteiger partial charge in [0.2, 0.25) is 0 Å². The molecule has 0 radical (unpaired) electrons. The van der Waals surface area contributed by atoms with Crippen LogP contribution in [0.5, 0.6) is 0 Å². The Balaban J connectivity index is 1.98. The number of aryl methyl sites for hydroxylation is 2. The Morgan fingerprint density at radius 2 is 1.84 bits per heavy atom. The van der Waals surface area contributed by atoms with Crippen molar-refractivity contribution in [3.8, 4) is 5.69 Å². The molecule has 0 aliphatic rings. The molecule has 2 N–H and O–H groups in total. The molecule has 0 spiro atoms. The van der Waals surface area contributed by atoms with Gasteiger partial charge in [-0.15, -0.1) is 10.2 Å². The summed E-state index contributed by atoms with van der Waals surface area (Å²) in [7, 11) is 0. The number of hydrogen-bond acceptors (Lipinski definition) is 4. The number of nitrogens with two attached hydrogens (primary N) is 1. The summed E-state index contributed by atoms with van der Waals surface area (Å²) in [5, 5.41) is 8.06. The largest absolute Gasteiger partial charge is 0.416 e. The van der Waals surface area contributed by atoms with Crippen LogP contribution in [0.4, 0.5) is 22.0 Å². The van der Waals surface area contributed by atoms with Gasteiger partial charge >= 0.3 is 6.18 Å². The van der Waals surface area contributed by atoms with Gasteiger partial charge in [-0.05, 0) is 73.0 Å². The summed E-state index contributed by atoms with van der Waals surface area (Å²) in [6.45, 7) is 5.97. The first-order valence-electron chi connectivity index (χ1n) is 9.57. The van der Waals surface area contributed by atoms with E-state index >= 15 is 0 Å². The van der Waals surface area contributed by atoms with Crippen LogP contribution in [0, 0.1) is 6.92 Å². The highest BCUT2D eigenvalue weighted by molar-refractivity contribution is 7.99. The molecule has 0 fully saturated rings. The summed E-state index contributed by atoms with van der Waals surface area (Å²) in [6, 6.07) is 8.02. The molecule has 32 heavy (non-hydrogen) atoms. The molecule has 2 aromatic carbocycles. The van der Waals surface area contributed by atoms with Gasteiger partial charge in [0.15, 0.2) is 5.16 Å². The van der Waals surface area contributed by atoms with Crippen LogP contribution < -0.4 is 5.73 Å². The number of halogens is 5. The number of allylic oxidation sites excluding steroid dienone is 1. The smallest absolute Gasteiger partial charge is 0.403 e. The summed E-state index contributed by atoms with van der Waals surface area (Å²) >= 11 is 1.05. The fourth-order valence-corrected chi connectivity index (χ4v) is 3.99. The SMILES string of the molecule is C=C(N)CCc1ccc(-n2cnnc2Sc2ccc(C(F)(F)F)cc2C)c(C(C)(F)F)c1. The number of alkyl halides is 5. The summed E-state index contributed by atoms with van der Waals surface area (Å²) in [5.41, 5.74) is 6.31. The van der Waals surface area contributed by atoms with Crippen molar-refractivity contribution in [2.24, 2.45) is 5.73 Å². The maximum Gasteiger partial charge on any atom is 0.416 e. The van der Waals surface area contributed by atoms with E-state index in [0.717, 1.165) is 30.8 Å². The molecule has 0 saturated heterocycles. The third-order valence-electron chi connectivity index (χ3n) is 4.75. The van der Waals surface area contributed by atoms with Crippen molar-refractivity contribution < 1.29 is 22.0 Å². The Labute approximate surface area is 186 Å². The minimum Gasteiger partial charge on any atom is -0.403 e. The maximum absolute atomic E-state index is 14.5. The van der Waals surface area contributed by atoms with E-state index in [0.29, 0.717) is 34.6 Å². The summed E-state index contributed by atoms with van der Waals surface area (Å²) in [4.78, 5) is 0.509. The number of rotatable bonds is 7. The number of hydrogen-bond donors (Lipinski definition) is 1. The van der Waals surface area contributed by atoms with Crippen molar-refractivity contribution in [3.05, 3.63) is 77.3 Å². The van der Waals surface area contributed by atoms with E-state index in [1.54, 1.807) is 19.1 Å². The van der Waals surface area contributed by atoms with Gasteiger partial charge in [-0.3, -0.25) is 4.57 Å². The second-order valence-electron chi connectivity index (χ2n) is 7.46. The van der Waals surface area contributed by atoms with Crippen LogP contribution in [0.15, 0.2) is 65.1 Å². The number of aromatic nitrogens is 3. The molecule has 1 heterocycles. The van der Waals surface area contributed by atoms with E-state index in [1.165, 1.54) is 23.0 Å².